The summed E-state index contributed by atoms with van der Waals surface area (Å²) >= 11 is 0. The minimum Gasteiger partial charge on any atom is -0.428 e. The van der Waals surface area contributed by atoms with Crippen LogP contribution in [0.25, 0.3) is 0 Å². The minimum absolute atomic E-state index is 0.0811. The van der Waals surface area contributed by atoms with Crippen molar-refractivity contribution in [3.8, 4) is 0 Å². The van der Waals surface area contributed by atoms with E-state index in [1.54, 1.807) is 37.3 Å². The Hall–Kier alpha value is -2.37. The smallest absolute Gasteiger partial charge is 0.415 e. The third-order valence-corrected chi connectivity index (χ3v) is 1.99. The average molecular weight is 250 g/mol. The molecule has 0 saturated heterocycles. The zero-order valence-corrected chi connectivity index (χ0v) is 9.93. The second-order valence-corrected chi connectivity index (χ2v) is 3.29. The zero-order chi connectivity index (χ0) is 13.4. The van der Waals surface area contributed by atoms with Crippen molar-refractivity contribution in [2.45, 2.75) is 13.3 Å². The number of carbonyl (C=O) groups excluding carboxylic acids is 2. The highest BCUT2D eigenvalue weighted by Gasteiger charge is 2.08. The number of alkyl carbamates (subject to hydrolysis) is 1. The summed E-state index contributed by atoms with van der Waals surface area (Å²) in [5, 5.41) is 9.82. The number of amides is 1. The molecule has 0 radical (unpaired) electrons. The van der Waals surface area contributed by atoms with Crippen molar-refractivity contribution in [3.63, 3.8) is 0 Å². The maximum Gasteiger partial charge on any atom is 0.415 e. The first-order valence-corrected chi connectivity index (χ1v) is 5.37. The first-order valence-electron chi connectivity index (χ1n) is 5.37. The third kappa shape index (κ3) is 4.65. The minimum atomic E-state index is -0.840. The monoisotopic (exact) mass is 250 g/mol. The van der Waals surface area contributed by atoms with Gasteiger partial charge in [-0.2, -0.15) is 0 Å². The van der Waals surface area contributed by atoms with Gasteiger partial charge >= 0.3 is 12.1 Å². The number of hydrogen-bond donors (Lipinski definition) is 2. The molecule has 0 bridgehead atoms. The van der Waals surface area contributed by atoms with Gasteiger partial charge < -0.3 is 9.47 Å². The van der Waals surface area contributed by atoms with Gasteiger partial charge in [-0.1, -0.05) is 37.3 Å². The number of carbonyl (C=O) groups is 2. The maximum absolute atomic E-state index is 11.2. The topological polar surface area (TPSA) is 88.5 Å². The lowest BCUT2D eigenvalue weighted by atomic mass is 10.2. The summed E-state index contributed by atoms with van der Waals surface area (Å²) in [7, 11) is 0. The summed E-state index contributed by atoms with van der Waals surface area (Å²) in [6, 6.07) is 8.67. The van der Waals surface area contributed by atoms with Crippen LogP contribution in [0.3, 0.4) is 0 Å². The van der Waals surface area contributed by atoms with E-state index in [0.29, 0.717) is 5.56 Å². The second kappa shape index (κ2) is 7.05. The molecule has 0 aromatic heterocycles. The van der Waals surface area contributed by atoms with Gasteiger partial charge in [-0.25, -0.2) is 4.79 Å². The fourth-order valence-electron chi connectivity index (χ4n) is 1.07. The SMILES string of the molecule is CCC(=O)OCOC(=O)NC(=N)c1ccccc1. The quantitative estimate of drug-likeness (QED) is 0.368. The van der Waals surface area contributed by atoms with Crippen molar-refractivity contribution >= 4 is 17.9 Å². The van der Waals surface area contributed by atoms with Crippen molar-refractivity contribution in [2.24, 2.45) is 0 Å². The molecular weight excluding hydrogens is 236 g/mol. The Morgan fingerprint density at radius 1 is 1.22 bits per heavy atom. The van der Waals surface area contributed by atoms with E-state index in [1.807, 2.05) is 0 Å². The molecule has 0 fully saturated rings. The summed E-state index contributed by atoms with van der Waals surface area (Å²) in [5.74, 6) is -0.539. The van der Waals surface area contributed by atoms with Crippen LogP contribution in [0.15, 0.2) is 30.3 Å². The molecule has 0 atom stereocenters. The van der Waals surface area contributed by atoms with Crippen molar-refractivity contribution in [1.29, 1.82) is 5.41 Å². The van der Waals surface area contributed by atoms with E-state index in [-0.39, 0.29) is 12.3 Å². The first-order chi connectivity index (χ1) is 8.63. The molecule has 2 N–H and O–H groups in total. The molecule has 0 aliphatic rings. The lowest BCUT2D eigenvalue weighted by Gasteiger charge is -2.08. The lowest BCUT2D eigenvalue weighted by Crippen LogP contribution is -2.31. The number of ether oxygens (including phenoxy) is 2. The molecule has 1 amide bonds. The molecule has 1 rings (SSSR count). The van der Waals surface area contributed by atoms with Crippen LogP contribution in [0.5, 0.6) is 0 Å². The van der Waals surface area contributed by atoms with Crippen LogP contribution in [0.4, 0.5) is 4.79 Å². The van der Waals surface area contributed by atoms with E-state index < -0.39 is 18.9 Å². The molecule has 96 valence electrons. The summed E-state index contributed by atoms with van der Waals surface area (Å²) in [4.78, 5) is 22.0. The summed E-state index contributed by atoms with van der Waals surface area (Å²) in [6.45, 7) is 1.17. The molecule has 0 heterocycles. The number of hydrogen-bond acceptors (Lipinski definition) is 5. The molecule has 0 aliphatic carbocycles. The number of benzene rings is 1. The molecule has 18 heavy (non-hydrogen) atoms. The predicted octanol–water partition coefficient (Wildman–Crippen LogP) is 1.65. The predicted molar refractivity (Wildman–Crippen MR) is 64.1 cm³/mol. The van der Waals surface area contributed by atoms with Gasteiger partial charge in [0.2, 0.25) is 6.79 Å². The Kier molecular flexibility index (Phi) is 5.37. The highest BCUT2D eigenvalue weighted by molar-refractivity contribution is 6.04. The van der Waals surface area contributed by atoms with Crippen LogP contribution in [0.1, 0.15) is 18.9 Å². The van der Waals surface area contributed by atoms with Crippen molar-refractivity contribution in [1.82, 2.24) is 5.32 Å². The van der Waals surface area contributed by atoms with Crippen LogP contribution in [-0.2, 0) is 14.3 Å². The Morgan fingerprint density at radius 2 is 1.89 bits per heavy atom. The van der Waals surface area contributed by atoms with Crippen molar-refractivity contribution in [2.75, 3.05) is 6.79 Å². The molecular formula is C12H14N2O4. The van der Waals surface area contributed by atoms with Gasteiger partial charge in [0, 0.05) is 12.0 Å². The Morgan fingerprint density at radius 3 is 2.50 bits per heavy atom. The number of rotatable bonds is 4. The second-order valence-electron chi connectivity index (χ2n) is 3.29. The number of esters is 1. The van der Waals surface area contributed by atoms with E-state index in [1.165, 1.54) is 0 Å². The Labute approximate surface area is 104 Å². The van der Waals surface area contributed by atoms with E-state index in [9.17, 15) is 9.59 Å². The van der Waals surface area contributed by atoms with Crippen LogP contribution < -0.4 is 5.32 Å². The Bertz CT molecular complexity index is 431. The van der Waals surface area contributed by atoms with Gasteiger partial charge in [-0.3, -0.25) is 15.5 Å². The molecule has 0 saturated carbocycles. The third-order valence-electron chi connectivity index (χ3n) is 1.99. The van der Waals surface area contributed by atoms with E-state index in [2.05, 4.69) is 14.8 Å². The first kappa shape index (κ1) is 13.7. The summed E-state index contributed by atoms with van der Waals surface area (Å²) < 4.78 is 9.13. The van der Waals surface area contributed by atoms with Crippen LogP contribution in [0.2, 0.25) is 0 Å². The molecule has 0 spiro atoms. The van der Waals surface area contributed by atoms with E-state index >= 15 is 0 Å². The van der Waals surface area contributed by atoms with E-state index in [0.717, 1.165) is 0 Å². The fourth-order valence-corrected chi connectivity index (χ4v) is 1.07. The van der Waals surface area contributed by atoms with Crippen molar-refractivity contribution in [3.05, 3.63) is 35.9 Å². The molecule has 6 nitrogen and oxygen atoms in total. The number of nitrogens with one attached hydrogen (secondary N) is 2. The van der Waals surface area contributed by atoms with Gasteiger partial charge in [0.15, 0.2) is 0 Å². The van der Waals surface area contributed by atoms with Gasteiger partial charge in [-0.05, 0) is 0 Å². The van der Waals surface area contributed by atoms with Gasteiger partial charge in [0.1, 0.15) is 5.84 Å². The standard InChI is InChI=1S/C12H14N2O4/c1-2-10(15)17-8-18-12(16)14-11(13)9-6-4-3-5-7-9/h3-7H,2,8H2,1H3,(H2,13,14,16). The number of amidine groups is 1. The average Bonchev–Trinajstić information content (AvgIpc) is 2.39. The Balaban J connectivity index is 2.32. The van der Waals surface area contributed by atoms with Gasteiger partial charge in [-0.15, -0.1) is 0 Å². The highest BCUT2D eigenvalue weighted by Crippen LogP contribution is 1.97. The lowest BCUT2D eigenvalue weighted by molar-refractivity contribution is -0.151. The fraction of sp³-hybridized carbons (Fsp3) is 0.250. The van der Waals surface area contributed by atoms with Crippen LogP contribution in [0, 0.1) is 5.41 Å². The largest absolute Gasteiger partial charge is 0.428 e. The van der Waals surface area contributed by atoms with Crippen molar-refractivity contribution < 1.29 is 19.1 Å². The van der Waals surface area contributed by atoms with E-state index in [4.69, 9.17) is 5.41 Å². The normalized spacial score (nSPS) is 9.39. The summed E-state index contributed by atoms with van der Waals surface area (Å²) in [5.41, 5.74) is 0.556. The molecule has 0 unspecified atom stereocenters. The molecule has 1 aromatic rings. The van der Waals surface area contributed by atoms with Gasteiger partial charge in [0.25, 0.3) is 0 Å². The maximum atomic E-state index is 11.2. The highest BCUT2D eigenvalue weighted by atomic mass is 16.7. The van der Waals surface area contributed by atoms with Gasteiger partial charge in [0.05, 0.1) is 0 Å². The zero-order valence-electron chi connectivity index (χ0n) is 9.93. The molecule has 1 aromatic carbocycles. The summed E-state index contributed by atoms with van der Waals surface area (Å²) in [6.07, 6.45) is -0.627. The molecule has 0 aliphatic heterocycles. The van der Waals surface area contributed by atoms with Crippen LogP contribution >= 0.6 is 0 Å². The van der Waals surface area contributed by atoms with Crippen LogP contribution in [-0.4, -0.2) is 24.7 Å². The molecule has 6 heteroatoms.